The van der Waals surface area contributed by atoms with E-state index in [0.717, 1.165) is 12.8 Å². The Balaban J connectivity index is 2.46. The SMILES string of the molecule is CC(C)CC1CC1C(NC(=O)O)C(N)=O. The van der Waals surface area contributed by atoms with Crippen LogP contribution in [0, 0.1) is 17.8 Å². The van der Waals surface area contributed by atoms with Gasteiger partial charge in [0.15, 0.2) is 0 Å². The van der Waals surface area contributed by atoms with E-state index < -0.39 is 18.0 Å². The molecule has 3 atom stereocenters. The smallest absolute Gasteiger partial charge is 0.405 e. The van der Waals surface area contributed by atoms with Crippen LogP contribution in [0.5, 0.6) is 0 Å². The van der Waals surface area contributed by atoms with E-state index >= 15 is 0 Å². The Morgan fingerprint density at radius 3 is 2.53 bits per heavy atom. The summed E-state index contributed by atoms with van der Waals surface area (Å²) in [6.45, 7) is 4.22. The van der Waals surface area contributed by atoms with Crippen LogP contribution in [0.3, 0.4) is 0 Å². The van der Waals surface area contributed by atoms with Crippen molar-refractivity contribution in [2.75, 3.05) is 0 Å². The Hall–Kier alpha value is -1.26. The first-order chi connectivity index (χ1) is 6.91. The van der Waals surface area contributed by atoms with E-state index in [1.807, 2.05) is 0 Å². The molecule has 5 nitrogen and oxygen atoms in total. The molecule has 15 heavy (non-hydrogen) atoms. The predicted octanol–water partition coefficient (Wildman–Crippen LogP) is 0.790. The minimum Gasteiger partial charge on any atom is -0.465 e. The summed E-state index contributed by atoms with van der Waals surface area (Å²) in [4.78, 5) is 21.5. The molecule has 0 saturated heterocycles. The molecule has 1 rings (SSSR count). The van der Waals surface area contributed by atoms with Crippen LogP contribution in [0.2, 0.25) is 0 Å². The van der Waals surface area contributed by atoms with Crippen LogP contribution in [0.15, 0.2) is 0 Å². The highest BCUT2D eigenvalue weighted by Gasteiger charge is 2.45. The van der Waals surface area contributed by atoms with E-state index in [0.29, 0.717) is 11.8 Å². The number of carbonyl (C=O) groups is 2. The molecule has 0 aromatic heterocycles. The van der Waals surface area contributed by atoms with Crippen LogP contribution in [0.25, 0.3) is 0 Å². The van der Waals surface area contributed by atoms with Crippen molar-refractivity contribution >= 4 is 12.0 Å². The van der Waals surface area contributed by atoms with Crippen molar-refractivity contribution in [3.05, 3.63) is 0 Å². The van der Waals surface area contributed by atoms with Gasteiger partial charge in [0.25, 0.3) is 0 Å². The van der Waals surface area contributed by atoms with E-state index in [1.54, 1.807) is 0 Å². The van der Waals surface area contributed by atoms with Gasteiger partial charge in [-0.05, 0) is 30.6 Å². The van der Waals surface area contributed by atoms with Gasteiger partial charge in [0.2, 0.25) is 5.91 Å². The summed E-state index contributed by atoms with van der Waals surface area (Å²) in [6.07, 6.45) is 0.732. The molecule has 0 spiro atoms. The Labute approximate surface area is 89.0 Å². The third-order valence-electron chi connectivity index (χ3n) is 2.77. The van der Waals surface area contributed by atoms with E-state index in [-0.39, 0.29) is 5.92 Å². The molecule has 0 aliphatic heterocycles. The Morgan fingerprint density at radius 2 is 2.13 bits per heavy atom. The minimum absolute atomic E-state index is 0.0981. The molecule has 1 aliphatic rings. The average Bonchev–Trinajstić information content (AvgIpc) is 2.77. The second-order valence-corrected chi connectivity index (χ2v) is 4.62. The van der Waals surface area contributed by atoms with E-state index in [2.05, 4.69) is 19.2 Å². The van der Waals surface area contributed by atoms with Crippen molar-refractivity contribution in [3.8, 4) is 0 Å². The molecule has 1 saturated carbocycles. The summed E-state index contributed by atoms with van der Waals surface area (Å²) < 4.78 is 0. The number of nitrogens with two attached hydrogens (primary N) is 1. The van der Waals surface area contributed by atoms with E-state index in [4.69, 9.17) is 10.8 Å². The normalized spacial score (nSPS) is 26.1. The number of carbonyl (C=O) groups excluding carboxylic acids is 1. The molecule has 0 aromatic carbocycles. The first-order valence-electron chi connectivity index (χ1n) is 5.20. The Morgan fingerprint density at radius 1 is 1.53 bits per heavy atom. The monoisotopic (exact) mass is 214 g/mol. The molecule has 86 valence electrons. The lowest BCUT2D eigenvalue weighted by Crippen LogP contribution is -2.45. The van der Waals surface area contributed by atoms with Crippen molar-refractivity contribution in [2.45, 2.75) is 32.7 Å². The first-order valence-corrected chi connectivity index (χ1v) is 5.20. The number of primary amides is 1. The van der Waals surface area contributed by atoms with Gasteiger partial charge in [-0.1, -0.05) is 13.8 Å². The Kier molecular flexibility index (Phi) is 3.55. The zero-order valence-corrected chi connectivity index (χ0v) is 9.06. The van der Waals surface area contributed by atoms with Crippen molar-refractivity contribution in [1.29, 1.82) is 0 Å². The van der Waals surface area contributed by atoms with Gasteiger partial charge >= 0.3 is 6.09 Å². The zero-order valence-electron chi connectivity index (χ0n) is 9.06. The van der Waals surface area contributed by atoms with Crippen LogP contribution < -0.4 is 11.1 Å². The summed E-state index contributed by atoms with van der Waals surface area (Å²) in [5, 5.41) is 10.7. The average molecular weight is 214 g/mol. The fourth-order valence-electron chi connectivity index (χ4n) is 2.08. The minimum atomic E-state index is -1.19. The summed E-state index contributed by atoms with van der Waals surface area (Å²) >= 11 is 0. The maximum absolute atomic E-state index is 11.0. The molecule has 0 bridgehead atoms. The molecule has 0 aromatic rings. The molecule has 1 fully saturated rings. The van der Waals surface area contributed by atoms with Gasteiger partial charge in [-0.25, -0.2) is 4.79 Å². The first kappa shape index (κ1) is 11.8. The molecule has 1 aliphatic carbocycles. The van der Waals surface area contributed by atoms with Gasteiger partial charge in [-0.3, -0.25) is 4.79 Å². The number of rotatable bonds is 5. The lowest BCUT2D eigenvalue weighted by atomic mass is 10.0. The number of hydrogen-bond acceptors (Lipinski definition) is 2. The predicted molar refractivity (Wildman–Crippen MR) is 55.2 cm³/mol. The maximum atomic E-state index is 11.0. The lowest BCUT2D eigenvalue weighted by molar-refractivity contribution is -0.120. The molecule has 4 N–H and O–H groups in total. The molecule has 2 amide bonds. The quantitative estimate of drug-likeness (QED) is 0.631. The standard InChI is InChI=1S/C10H18N2O3/c1-5(2)3-6-4-7(6)8(9(11)13)12-10(14)15/h5-8,12H,3-4H2,1-2H3,(H2,11,13)(H,14,15). The summed E-state index contributed by atoms with van der Waals surface area (Å²) in [6, 6.07) is -0.716. The second-order valence-electron chi connectivity index (χ2n) is 4.62. The highest BCUT2D eigenvalue weighted by atomic mass is 16.4. The fraction of sp³-hybridized carbons (Fsp3) is 0.800. The molecular weight excluding hydrogens is 196 g/mol. The molecule has 5 heteroatoms. The lowest BCUT2D eigenvalue weighted by Gasteiger charge is -2.13. The van der Waals surface area contributed by atoms with Gasteiger partial charge in [0, 0.05) is 0 Å². The number of nitrogens with one attached hydrogen (secondary N) is 1. The molecular formula is C10H18N2O3. The van der Waals surface area contributed by atoms with Crippen LogP contribution in [-0.2, 0) is 4.79 Å². The van der Waals surface area contributed by atoms with Crippen LogP contribution >= 0.6 is 0 Å². The summed E-state index contributed by atoms with van der Waals surface area (Å²) in [5.41, 5.74) is 5.15. The van der Waals surface area contributed by atoms with Crippen LogP contribution in [0.4, 0.5) is 4.79 Å². The van der Waals surface area contributed by atoms with Crippen molar-refractivity contribution < 1.29 is 14.7 Å². The largest absolute Gasteiger partial charge is 0.465 e. The molecule has 0 heterocycles. The number of hydrogen-bond donors (Lipinski definition) is 3. The van der Waals surface area contributed by atoms with Crippen molar-refractivity contribution in [1.82, 2.24) is 5.32 Å². The van der Waals surface area contributed by atoms with Gasteiger partial charge < -0.3 is 16.2 Å². The summed E-state index contributed by atoms with van der Waals surface area (Å²) in [5.74, 6) is 0.530. The van der Waals surface area contributed by atoms with Gasteiger partial charge in [-0.15, -0.1) is 0 Å². The van der Waals surface area contributed by atoms with Gasteiger partial charge in [0.05, 0.1) is 0 Å². The number of amides is 2. The van der Waals surface area contributed by atoms with E-state index in [9.17, 15) is 9.59 Å². The maximum Gasteiger partial charge on any atom is 0.405 e. The van der Waals surface area contributed by atoms with Crippen molar-refractivity contribution in [2.24, 2.45) is 23.5 Å². The number of carboxylic acid groups (broad SMARTS) is 1. The van der Waals surface area contributed by atoms with Crippen molar-refractivity contribution in [3.63, 3.8) is 0 Å². The topological polar surface area (TPSA) is 92.4 Å². The van der Waals surface area contributed by atoms with Gasteiger partial charge in [-0.2, -0.15) is 0 Å². The van der Waals surface area contributed by atoms with Gasteiger partial charge in [0.1, 0.15) is 6.04 Å². The zero-order chi connectivity index (χ0) is 11.6. The fourth-order valence-corrected chi connectivity index (χ4v) is 2.08. The summed E-state index contributed by atoms with van der Waals surface area (Å²) in [7, 11) is 0. The van der Waals surface area contributed by atoms with E-state index in [1.165, 1.54) is 0 Å². The highest BCUT2D eigenvalue weighted by molar-refractivity contribution is 5.84. The van der Waals surface area contributed by atoms with Crippen LogP contribution in [-0.4, -0.2) is 23.1 Å². The third kappa shape index (κ3) is 3.42. The molecule has 3 unspecified atom stereocenters. The molecule has 0 radical (unpaired) electrons. The highest BCUT2D eigenvalue weighted by Crippen LogP contribution is 2.45. The van der Waals surface area contributed by atoms with Crippen LogP contribution in [0.1, 0.15) is 26.7 Å². The third-order valence-corrected chi connectivity index (χ3v) is 2.77. The second kappa shape index (κ2) is 4.51. The Bertz CT molecular complexity index is 265.